The van der Waals surface area contributed by atoms with Gasteiger partial charge in [-0.2, -0.15) is 0 Å². The van der Waals surface area contributed by atoms with Gasteiger partial charge in [0.25, 0.3) is 5.91 Å². The van der Waals surface area contributed by atoms with E-state index in [2.05, 4.69) is 11.4 Å². The first-order chi connectivity index (χ1) is 15.8. The van der Waals surface area contributed by atoms with Crippen molar-refractivity contribution in [2.24, 2.45) is 23.7 Å². The molecule has 2 aromatic rings. The highest BCUT2D eigenvalue weighted by Gasteiger charge is 2.60. The number of carbonyl (C=O) groups is 4. The molecule has 2 fully saturated rings. The van der Waals surface area contributed by atoms with Gasteiger partial charge in [0, 0.05) is 5.69 Å². The first-order valence-electron chi connectivity index (χ1n) is 10.7. The van der Waals surface area contributed by atoms with Gasteiger partial charge in [-0.25, -0.2) is 14.1 Å². The molecular formula is C25H21FN2O5. The molecule has 1 heterocycles. The van der Waals surface area contributed by atoms with E-state index in [0.29, 0.717) is 11.4 Å². The number of esters is 1. The molecular weight excluding hydrogens is 427 g/mol. The third kappa shape index (κ3) is 3.61. The SMILES string of the molecule is CC1=C[C@H]2C[C@H]1[C@@H]1C(=O)N(c3cccc(C(=O)OCC(=O)Nc4ccc(F)cc4)c3)C(=O)[C@H]12. The van der Waals surface area contributed by atoms with Gasteiger partial charge in [-0.3, -0.25) is 14.4 Å². The number of fused-ring (bicyclic) bond motifs is 5. The maximum absolute atomic E-state index is 13.1. The number of imide groups is 1. The molecule has 0 aromatic heterocycles. The average molecular weight is 448 g/mol. The normalized spacial score (nSPS) is 25.2. The Morgan fingerprint density at radius 3 is 2.58 bits per heavy atom. The Bertz CT molecular complexity index is 1210. The van der Waals surface area contributed by atoms with E-state index in [1.54, 1.807) is 12.1 Å². The molecule has 4 atom stereocenters. The Hall–Kier alpha value is -3.81. The van der Waals surface area contributed by atoms with E-state index in [9.17, 15) is 23.6 Å². The maximum atomic E-state index is 13.1. The average Bonchev–Trinajstić information content (AvgIpc) is 3.44. The molecule has 7 nitrogen and oxygen atoms in total. The molecule has 33 heavy (non-hydrogen) atoms. The predicted octanol–water partition coefficient (Wildman–Crippen LogP) is 3.32. The van der Waals surface area contributed by atoms with Crippen LogP contribution in [0.1, 0.15) is 23.7 Å². The lowest BCUT2D eigenvalue weighted by atomic mass is 9.82. The van der Waals surface area contributed by atoms with E-state index >= 15 is 0 Å². The number of benzene rings is 2. The van der Waals surface area contributed by atoms with Gasteiger partial charge < -0.3 is 10.1 Å². The summed E-state index contributed by atoms with van der Waals surface area (Å²) in [5.74, 6) is -2.71. The van der Waals surface area contributed by atoms with Crippen LogP contribution in [0.25, 0.3) is 0 Å². The van der Waals surface area contributed by atoms with Gasteiger partial charge in [0.2, 0.25) is 11.8 Å². The highest BCUT2D eigenvalue weighted by molar-refractivity contribution is 6.23. The molecule has 0 spiro atoms. The number of amides is 3. The second-order valence-corrected chi connectivity index (χ2v) is 8.66. The number of rotatable bonds is 5. The Balaban J connectivity index is 1.25. The van der Waals surface area contributed by atoms with Gasteiger partial charge >= 0.3 is 5.97 Å². The molecule has 2 bridgehead atoms. The highest BCUT2D eigenvalue weighted by atomic mass is 19.1. The molecule has 0 radical (unpaired) electrons. The predicted molar refractivity (Wildman–Crippen MR) is 117 cm³/mol. The summed E-state index contributed by atoms with van der Waals surface area (Å²) in [6.45, 7) is 1.46. The van der Waals surface area contributed by atoms with Gasteiger partial charge in [-0.05, 0) is 67.6 Å². The summed E-state index contributed by atoms with van der Waals surface area (Å²) in [5, 5.41) is 2.50. The fourth-order valence-electron chi connectivity index (χ4n) is 5.25. The van der Waals surface area contributed by atoms with Gasteiger partial charge in [0.1, 0.15) is 5.82 Å². The zero-order valence-corrected chi connectivity index (χ0v) is 17.8. The summed E-state index contributed by atoms with van der Waals surface area (Å²) in [6, 6.07) is 11.3. The fourth-order valence-corrected chi connectivity index (χ4v) is 5.25. The zero-order chi connectivity index (χ0) is 23.3. The number of halogens is 1. The van der Waals surface area contributed by atoms with Crippen molar-refractivity contribution in [2.45, 2.75) is 13.3 Å². The second kappa shape index (κ2) is 7.95. The van der Waals surface area contributed by atoms with Gasteiger partial charge in [-0.15, -0.1) is 0 Å². The van der Waals surface area contributed by atoms with Crippen molar-refractivity contribution in [3.63, 3.8) is 0 Å². The summed E-state index contributed by atoms with van der Waals surface area (Å²) in [6.07, 6.45) is 2.95. The molecule has 1 saturated carbocycles. The number of carbonyl (C=O) groups excluding carboxylic acids is 4. The Morgan fingerprint density at radius 1 is 1.09 bits per heavy atom. The molecule has 3 amide bonds. The third-order valence-electron chi connectivity index (χ3n) is 6.68. The first-order valence-corrected chi connectivity index (χ1v) is 10.7. The minimum Gasteiger partial charge on any atom is -0.452 e. The number of hydrogen-bond acceptors (Lipinski definition) is 5. The first kappa shape index (κ1) is 21.1. The molecule has 3 aliphatic rings. The smallest absolute Gasteiger partial charge is 0.338 e. The minimum atomic E-state index is -0.761. The Morgan fingerprint density at radius 2 is 1.82 bits per heavy atom. The van der Waals surface area contributed by atoms with E-state index in [-0.39, 0.29) is 41.0 Å². The van der Waals surface area contributed by atoms with Crippen molar-refractivity contribution in [3.8, 4) is 0 Å². The van der Waals surface area contributed by atoms with Crippen LogP contribution in [0.5, 0.6) is 0 Å². The third-order valence-corrected chi connectivity index (χ3v) is 6.68. The lowest BCUT2D eigenvalue weighted by Gasteiger charge is -2.19. The summed E-state index contributed by atoms with van der Waals surface area (Å²) < 4.78 is 18.0. The summed E-state index contributed by atoms with van der Waals surface area (Å²) >= 11 is 0. The molecule has 168 valence electrons. The van der Waals surface area contributed by atoms with Crippen LogP contribution in [0.4, 0.5) is 15.8 Å². The van der Waals surface area contributed by atoms with Crippen molar-refractivity contribution < 1.29 is 28.3 Å². The van der Waals surface area contributed by atoms with E-state index in [1.165, 1.54) is 46.9 Å². The quantitative estimate of drug-likeness (QED) is 0.430. The van der Waals surface area contributed by atoms with Crippen molar-refractivity contribution in [1.82, 2.24) is 0 Å². The van der Waals surface area contributed by atoms with Crippen molar-refractivity contribution in [2.75, 3.05) is 16.8 Å². The van der Waals surface area contributed by atoms with Crippen LogP contribution in [-0.4, -0.2) is 30.3 Å². The standard InChI is InChI=1S/C25H21FN2O5/c1-13-9-15-11-19(13)22-21(15)23(30)28(24(22)31)18-4-2-3-14(10-18)25(32)33-12-20(29)27-17-7-5-16(26)6-8-17/h2-10,15,19,21-22H,11-12H2,1H3,(H,27,29)/t15-,19+,21-,22-/m0/s1. The molecule has 1 saturated heterocycles. The van der Waals surface area contributed by atoms with E-state index in [4.69, 9.17) is 4.74 Å². The van der Waals surface area contributed by atoms with Crippen molar-refractivity contribution in [3.05, 3.63) is 71.6 Å². The Kier molecular flexibility index (Phi) is 5.08. The van der Waals surface area contributed by atoms with E-state index in [1.807, 2.05) is 6.92 Å². The minimum absolute atomic E-state index is 0.0919. The Labute approximate surface area is 189 Å². The zero-order valence-electron chi connectivity index (χ0n) is 17.8. The van der Waals surface area contributed by atoms with Gasteiger partial charge in [-0.1, -0.05) is 17.7 Å². The summed E-state index contributed by atoms with van der Waals surface area (Å²) in [4.78, 5) is 51.9. The van der Waals surface area contributed by atoms with Crippen molar-refractivity contribution in [1.29, 1.82) is 0 Å². The lowest BCUT2D eigenvalue weighted by Crippen LogP contribution is -2.33. The van der Waals surface area contributed by atoms with Gasteiger partial charge in [0.05, 0.1) is 23.1 Å². The summed E-state index contributed by atoms with van der Waals surface area (Å²) in [5.41, 5.74) is 1.98. The monoisotopic (exact) mass is 448 g/mol. The van der Waals surface area contributed by atoms with Gasteiger partial charge in [0.15, 0.2) is 6.61 Å². The van der Waals surface area contributed by atoms with Crippen LogP contribution in [0, 0.1) is 29.5 Å². The fraction of sp³-hybridized carbons (Fsp3) is 0.280. The molecule has 5 rings (SSSR count). The molecule has 2 aromatic carbocycles. The maximum Gasteiger partial charge on any atom is 0.338 e. The number of allylic oxidation sites excluding steroid dienone is 2. The van der Waals surface area contributed by atoms with E-state index in [0.717, 1.165) is 6.42 Å². The van der Waals surface area contributed by atoms with Crippen LogP contribution in [0.3, 0.4) is 0 Å². The highest BCUT2D eigenvalue weighted by Crippen LogP contribution is 2.55. The summed E-state index contributed by atoms with van der Waals surface area (Å²) in [7, 11) is 0. The number of hydrogen-bond donors (Lipinski definition) is 1. The second-order valence-electron chi connectivity index (χ2n) is 8.66. The molecule has 1 aliphatic heterocycles. The van der Waals surface area contributed by atoms with Crippen LogP contribution >= 0.6 is 0 Å². The van der Waals surface area contributed by atoms with Crippen LogP contribution in [-0.2, 0) is 19.1 Å². The van der Waals surface area contributed by atoms with Crippen LogP contribution in [0.15, 0.2) is 60.2 Å². The molecule has 8 heteroatoms. The number of ether oxygens (including phenoxy) is 1. The van der Waals surface area contributed by atoms with Crippen molar-refractivity contribution >= 4 is 35.1 Å². The van der Waals surface area contributed by atoms with Crippen LogP contribution < -0.4 is 10.2 Å². The number of nitrogens with one attached hydrogen (secondary N) is 1. The molecule has 1 N–H and O–H groups in total. The lowest BCUT2D eigenvalue weighted by molar-refractivity contribution is -0.123. The number of anilines is 2. The van der Waals surface area contributed by atoms with Crippen LogP contribution in [0.2, 0.25) is 0 Å². The largest absolute Gasteiger partial charge is 0.452 e. The molecule has 0 unspecified atom stereocenters. The van der Waals surface area contributed by atoms with E-state index < -0.39 is 24.3 Å². The topological polar surface area (TPSA) is 92.8 Å². The molecule has 2 aliphatic carbocycles. The number of nitrogens with zero attached hydrogens (tertiary/aromatic N) is 1.